The molecule has 0 aromatic heterocycles. The molecule has 0 unspecified atom stereocenters. The van der Waals surface area contributed by atoms with Crippen LogP contribution >= 0.6 is 0 Å². The van der Waals surface area contributed by atoms with Gasteiger partial charge in [-0.1, -0.05) is 0 Å². The van der Waals surface area contributed by atoms with Gasteiger partial charge >= 0.3 is 12.2 Å². The molecule has 0 atom stereocenters. The highest BCUT2D eigenvalue weighted by molar-refractivity contribution is 6.09. The lowest BCUT2D eigenvalue weighted by Crippen LogP contribution is -2.44. The van der Waals surface area contributed by atoms with Crippen molar-refractivity contribution in [3.63, 3.8) is 0 Å². The number of carbonyl (C=O) groups is 2. The maximum atomic E-state index is 14.3. The van der Waals surface area contributed by atoms with Crippen LogP contribution in [-0.2, 0) is 9.47 Å². The molecule has 0 saturated heterocycles. The Balaban J connectivity index is 3.33. The highest BCUT2D eigenvalue weighted by Crippen LogP contribution is 2.27. The van der Waals surface area contributed by atoms with Gasteiger partial charge in [-0.05, 0) is 47.6 Å². The lowest BCUT2D eigenvalue weighted by atomic mass is 10.2. The van der Waals surface area contributed by atoms with E-state index in [4.69, 9.17) is 9.47 Å². The number of hydrogen-bond donors (Lipinski definition) is 0. The molecule has 0 radical (unpaired) electrons. The van der Waals surface area contributed by atoms with Gasteiger partial charge < -0.3 is 9.47 Å². The molecule has 8 nitrogen and oxygen atoms in total. The van der Waals surface area contributed by atoms with E-state index < -0.39 is 45.5 Å². The minimum atomic E-state index is -1.16. The lowest BCUT2D eigenvalue weighted by Gasteiger charge is -2.28. The van der Waals surface area contributed by atoms with Crippen LogP contribution < -0.4 is 4.90 Å². The number of carbonyl (C=O) groups excluding carboxylic acids is 2. The van der Waals surface area contributed by atoms with Crippen LogP contribution in [0.15, 0.2) is 18.2 Å². The molecule has 0 bridgehead atoms. The maximum absolute atomic E-state index is 14.3. The molecule has 0 heterocycles. The Bertz CT molecular complexity index is 663. The summed E-state index contributed by atoms with van der Waals surface area (Å²) in [4.78, 5) is 35.0. The quantitative estimate of drug-likeness (QED) is 0.575. The molecule has 9 heteroatoms. The van der Waals surface area contributed by atoms with Gasteiger partial charge in [0.05, 0.1) is 16.7 Å². The second-order valence-corrected chi connectivity index (χ2v) is 7.19. The normalized spacial score (nSPS) is 11.6. The molecule has 0 aliphatic carbocycles. The summed E-state index contributed by atoms with van der Waals surface area (Å²) in [5.41, 5.74) is -2.92. The zero-order chi connectivity index (χ0) is 19.6. The Labute approximate surface area is 144 Å². The van der Waals surface area contributed by atoms with Crippen molar-refractivity contribution < 1.29 is 28.4 Å². The van der Waals surface area contributed by atoms with Gasteiger partial charge in [-0.2, -0.15) is 4.90 Å². The third kappa shape index (κ3) is 6.02. The van der Waals surface area contributed by atoms with Gasteiger partial charge in [0.25, 0.3) is 5.69 Å². The lowest BCUT2D eigenvalue weighted by molar-refractivity contribution is -0.385. The van der Waals surface area contributed by atoms with Crippen LogP contribution in [0.5, 0.6) is 0 Å². The van der Waals surface area contributed by atoms with Crippen molar-refractivity contribution in [3.8, 4) is 0 Å². The molecule has 0 saturated carbocycles. The molecule has 25 heavy (non-hydrogen) atoms. The van der Waals surface area contributed by atoms with E-state index in [9.17, 15) is 24.1 Å². The number of nitro groups is 1. The maximum Gasteiger partial charge on any atom is 0.424 e. The first kappa shape index (κ1) is 20.3. The van der Waals surface area contributed by atoms with Gasteiger partial charge in [0.1, 0.15) is 11.2 Å². The molecule has 1 rings (SSSR count). The molecule has 0 aliphatic heterocycles. The first-order valence-corrected chi connectivity index (χ1v) is 7.41. The number of rotatable bonds is 2. The van der Waals surface area contributed by atoms with E-state index in [0.717, 1.165) is 12.1 Å². The molecule has 1 aromatic carbocycles. The summed E-state index contributed by atoms with van der Waals surface area (Å²) in [7, 11) is 0. The molecular formula is C16H21FN2O6. The van der Waals surface area contributed by atoms with E-state index in [-0.39, 0.29) is 0 Å². The van der Waals surface area contributed by atoms with Crippen LogP contribution in [0.1, 0.15) is 41.5 Å². The van der Waals surface area contributed by atoms with Crippen LogP contribution in [0.3, 0.4) is 0 Å². The largest absolute Gasteiger partial charge is 0.443 e. The van der Waals surface area contributed by atoms with Crippen molar-refractivity contribution >= 4 is 23.6 Å². The van der Waals surface area contributed by atoms with Crippen LogP contribution in [-0.4, -0.2) is 28.3 Å². The van der Waals surface area contributed by atoms with Gasteiger partial charge in [-0.15, -0.1) is 0 Å². The van der Waals surface area contributed by atoms with E-state index in [1.54, 1.807) is 41.5 Å². The summed E-state index contributed by atoms with van der Waals surface area (Å²) in [5, 5.41) is 10.7. The monoisotopic (exact) mass is 356 g/mol. The van der Waals surface area contributed by atoms with E-state index in [1.807, 2.05) is 0 Å². The van der Waals surface area contributed by atoms with Gasteiger partial charge in [0, 0.05) is 6.07 Å². The number of benzene rings is 1. The van der Waals surface area contributed by atoms with Gasteiger partial charge in [0.15, 0.2) is 5.82 Å². The van der Waals surface area contributed by atoms with E-state index in [0.29, 0.717) is 11.0 Å². The summed E-state index contributed by atoms with van der Waals surface area (Å²) < 4.78 is 24.5. The SMILES string of the molecule is CC(C)(C)OC(=O)N(C(=O)OC(C)(C)C)c1ccc([N+](=O)[O-])cc1F. The fourth-order valence-corrected chi connectivity index (χ4v) is 1.68. The third-order valence-corrected chi connectivity index (χ3v) is 2.54. The van der Waals surface area contributed by atoms with Gasteiger partial charge in [0.2, 0.25) is 0 Å². The summed E-state index contributed by atoms with van der Waals surface area (Å²) in [6.07, 6.45) is -2.32. The predicted octanol–water partition coefficient (Wildman–Crippen LogP) is 4.41. The first-order chi connectivity index (χ1) is 11.2. The minimum absolute atomic E-state index is 0.371. The van der Waals surface area contributed by atoms with Crippen molar-refractivity contribution in [1.29, 1.82) is 0 Å². The number of amides is 2. The third-order valence-electron chi connectivity index (χ3n) is 2.54. The van der Waals surface area contributed by atoms with E-state index in [1.165, 1.54) is 0 Å². The number of nitro benzene ring substituents is 1. The van der Waals surface area contributed by atoms with Crippen LogP contribution in [0.25, 0.3) is 0 Å². The van der Waals surface area contributed by atoms with E-state index >= 15 is 0 Å². The average Bonchev–Trinajstić information content (AvgIpc) is 2.36. The Morgan fingerprint density at radius 3 is 1.80 bits per heavy atom. The summed E-state index contributed by atoms with van der Waals surface area (Å²) in [6.45, 7) is 9.44. The Kier molecular flexibility index (Phi) is 5.72. The number of nitrogens with zero attached hydrogens (tertiary/aromatic N) is 2. The first-order valence-electron chi connectivity index (χ1n) is 7.41. The molecule has 1 aromatic rings. The van der Waals surface area contributed by atoms with Gasteiger partial charge in [-0.3, -0.25) is 10.1 Å². The number of ether oxygens (including phenoxy) is 2. The topological polar surface area (TPSA) is 99.0 Å². The number of hydrogen-bond acceptors (Lipinski definition) is 6. The highest BCUT2D eigenvalue weighted by Gasteiger charge is 2.34. The Morgan fingerprint density at radius 1 is 1.04 bits per heavy atom. The average molecular weight is 356 g/mol. The second-order valence-electron chi connectivity index (χ2n) is 7.19. The fraction of sp³-hybridized carbons (Fsp3) is 0.500. The smallest absolute Gasteiger partial charge is 0.424 e. The minimum Gasteiger partial charge on any atom is -0.443 e. The standard InChI is InChI=1S/C16H21FN2O6/c1-15(2,3)24-13(20)18(14(21)25-16(4,5)6)12-8-7-10(19(22)23)9-11(12)17/h7-9H,1-6H3. The molecule has 0 N–H and O–H groups in total. The zero-order valence-electron chi connectivity index (χ0n) is 15.0. The van der Waals surface area contributed by atoms with Crippen molar-refractivity contribution in [3.05, 3.63) is 34.1 Å². The number of anilines is 1. The van der Waals surface area contributed by atoms with E-state index in [2.05, 4.69) is 0 Å². The highest BCUT2D eigenvalue weighted by atomic mass is 19.1. The van der Waals surface area contributed by atoms with Crippen molar-refractivity contribution in [1.82, 2.24) is 0 Å². The number of halogens is 1. The van der Waals surface area contributed by atoms with Crippen molar-refractivity contribution in [2.75, 3.05) is 4.90 Å². The molecule has 0 aliphatic rings. The molecular weight excluding hydrogens is 335 g/mol. The van der Waals surface area contributed by atoms with Crippen molar-refractivity contribution in [2.24, 2.45) is 0 Å². The molecule has 0 fully saturated rings. The number of non-ortho nitro benzene ring substituents is 1. The van der Waals surface area contributed by atoms with Gasteiger partial charge in [-0.25, -0.2) is 14.0 Å². The zero-order valence-corrected chi connectivity index (χ0v) is 15.0. The fourth-order valence-electron chi connectivity index (χ4n) is 1.68. The summed E-state index contributed by atoms with van der Waals surface area (Å²) in [5.74, 6) is -1.13. The summed E-state index contributed by atoms with van der Waals surface area (Å²) >= 11 is 0. The van der Waals surface area contributed by atoms with Crippen molar-refractivity contribution in [2.45, 2.75) is 52.7 Å². The molecule has 0 spiro atoms. The second kappa shape index (κ2) is 7.04. The molecule has 138 valence electrons. The van der Waals surface area contributed by atoms with Crippen LogP contribution in [0, 0.1) is 15.9 Å². The Hall–Kier alpha value is -2.71. The summed E-state index contributed by atoms with van der Waals surface area (Å²) in [6, 6.07) is 2.53. The van der Waals surface area contributed by atoms with Crippen LogP contribution in [0.4, 0.5) is 25.4 Å². The Morgan fingerprint density at radius 2 is 1.48 bits per heavy atom. The molecule has 2 amide bonds. The van der Waals surface area contributed by atoms with Crippen LogP contribution in [0.2, 0.25) is 0 Å². The number of imide groups is 1. The predicted molar refractivity (Wildman–Crippen MR) is 88.0 cm³/mol.